The lowest BCUT2D eigenvalue weighted by atomic mass is 10.0. The topological polar surface area (TPSA) is 109 Å². The van der Waals surface area contributed by atoms with Gasteiger partial charge in [0.15, 0.2) is 0 Å². The van der Waals surface area contributed by atoms with Crippen molar-refractivity contribution in [2.24, 2.45) is 0 Å². The van der Waals surface area contributed by atoms with Crippen LogP contribution in [0.25, 0.3) is 0 Å². The Hall–Kier alpha value is -2.03. The number of nitrogens with zero attached hydrogens (tertiary/aromatic N) is 1. The van der Waals surface area contributed by atoms with Crippen LogP contribution in [-0.4, -0.2) is 60.3 Å². The van der Waals surface area contributed by atoms with E-state index >= 15 is 0 Å². The molecular weight excluding hydrogens is 304 g/mol. The molecular formula is C14H24N4O5. The molecule has 0 aliphatic carbocycles. The van der Waals surface area contributed by atoms with Crippen LogP contribution in [0.4, 0.5) is 9.59 Å². The Morgan fingerprint density at radius 2 is 2.09 bits per heavy atom. The number of fused-ring (bicyclic) bond motifs is 2. The zero-order valence-corrected chi connectivity index (χ0v) is 13.7. The number of ether oxygens (including phenoxy) is 1. The third kappa shape index (κ3) is 4.98. The molecule has 0 aromatic rings. The van der Waals surface area contributed by atoms with E-state index in [2.05, 4.69) is 16.1 Å². The Morgan fingerprint density at radius 3 is 2.78 bits per heavy atom. The monoisotopic (exact) mass is 328 g/mol. The molecule has 0 aromatic heterocycles. The molecule has 0 unspecified atom stereocenters. The summed E-state index contributed by atoms with van der Waals surface area (Å²) in [4.78, 5) is 41.7. The highest BCUT2D eigenvalue weighted by atomic mass is 16.7. The van der Waals surface area contributed by atoms with Crippen molar-refractivity contribution in [3.63, 3.8) is 0 Å². The second-order valence-electron chi connectivity index (χ2n) is 6.64. The van der Waals surface area contributed by atoms with Gasteiger partial charge in [-0.25, -0.2) is 15.1 Å². The molecule has 3 N–H and O–H groups in total. The molecule has 0 spiro atoms. The van der Waals surface area contributed by atoms with E-state index in [0.717, 1.165) is 6.42 Å². The summed E-state index contributed by atoms with van der Waals surface area (Å²) in [6.45, 7) is 6.17. The van der Waals surface area contributed by atoms with E-state index in [1.807, 2.05) is 0 Å². The molecule has 0 aromatic carbocycles. The summed E-state index contributed by atoms with van der Waals surface area (Å²) < 4.78 is 5.06. The van der Waals surface area contributed by atoms with Crippen molar-refractivity contribution in [2.45, 2.75) is 51.3 Å². The summed E-state index contributed by atoms with van der Waals surface area (Å²) in [6, 6.07) is -0.572. The average molecular weight is 328 g/mol. The fraction of sp³-hybridized carbons (Fsp3) is 0.786. The number of alkyl carbamates (subject to hydrolysis) is 1. The van der Waals surface area contributed by atoms with E-state index in [9.17, 15) is 14.4 Å². The molecule has 2 bridgehead atoms. The zero-order valence-electron chi connectivity index (χ0n) is 13.7. The van der Waals surface area contributed by atoms with Crippen molar-refractivity contribution in [2.75, 3.05) is 19.7 Å². The minimum Gasteiger partial charge on any atom is -0.444 e. The van der Waals surface area contributed by atoms with Crippen LogP contribution in [0, 0.1) is 0 Å². The van der Waals surface area contributed by atoms with Gasteiger partial charge in [-0.1, -0.05) is 0 Å². The quantitative estimate of drug-likeness (QED) is 0.490. The molecule has 2 fully saturated rings. The van der Waals surface area contributed by atoms with Gasteiger partial charge < -0.3 is 20.3 Å². The lowest BCUT2D eigenvalue weighted by Gasteiger charge is -2.29. The van der Waals surface area contributed by atoms with Crippen molar-refractivity contribution < 1.29 is 24.0 Å². The van der Waals surface area contributed by atoms with Gasteiger partial charge in [-0.05, 0) is 33.6 Å². The smallest absolute Gasteiger partial charge is 0.407 e. The number of hydroxylamine groups is 1. The minimum absolute atomic E-state index is 0.104. The van der Waals surface area contributed by atoms with E-state index < -0.39 is 17.7 Å². The molecule has 9 heteroatoms. The van der Waals surface area contributed by atoms with Crippen molar-refractivity contribution in [1.29, 1.82) is 0 Å². The van der Waals surface area contributed by atoms with Gasteiger partial charge in [0, 0.05) is 19.1 Å². The lowest BCUT2D eigenvalue weighted by molar-refractivity contribution is -0.138. The van der Waals surface area contributed by atoms with E-state index in [1.54, 1.807) is 20.8 Å². The van der Waals surface area contributed by atoms with Crippen molar-refractivity contribution >= 4 is 18.0 Å². The number of carbonyl (C=O) groups excluding carboxylic acids is 3. The van der Waals surface area contributed by atoms with Crippen LogP contribution in [0.2, 0.25) is 0 Å². The summed E-state index contributed by atoms with van der Waals surface area (Å²) in [5, 5.41) is 5.33. The Balaban J connectivity index is 1.62. The van der Waals surface area contributed by atoms with Crippen LogP contribution in [0.1, 0.15) is 33.6 Å². The van der Waals surface area contributed by atoms with Gasteiger partial charge in [-0.3, -0.25) is 9.63 Å². The molecule has 23 heavy (non-hydrogen) atoms. The summed E-state index contributed by atoms with van der Waals surface area (Å²) in [5.74, 6) is -0.349. The molecule has 0 radical (unpaired) electrons. The Morgan fingerprint density at radius 1 is 1.35 bits per heavy atom. The number of urea groups is 1. The predicted molar refractivity (Wildman–Crippen MR) is 80.4 cm³/mol. The molecule has 2 heterocycles. The largest absolute Gasteiger partial charge is 0.444 e. The van der Waals surface area contributed by atoms with Crippen LogP contribution < -0.4 is 16.1 Å². The molecule has 9 nitrogen and oxygen atoms in total. The summed E-state index contributed by atoms with van der Waals surface area (Å²) >= 11 is 0. The summed E-state index contributed by atoms with van der Waals surface area (Å²) in [5.41, 5.74) is 1.76. The lowest BCUT2D eigenvalue weighted by Crippen LogP contribution is -2.50. The van der Waals surface area contributed by atoms with Gasteiger partial charge in [0.05, 0.1) is 6.61 Å². The normalized spacial score (nSPS) is 23.3. The predicted octanol–water partition coefficient (Wildman–Crippen LogP) is 0.115. The molecule has 2 rings (SSSR count). The fourth-order valence-corrected chi connectivity index (χ4v) is 2.55. The molecule has 4 amide bonds. The number of hydrogen-bond acceptors (Lipinski definition) is 5. The molecule has 2 saturated heterocycles. The SMILES string of the molecule is CC(C)(C)OC(=O)NCCONC(=O)[C@@H]1CC[C@H]2CN1C(=O)N2. The number of piperidine rings is 1. The van der Waals surface area contributed by atoms with E-state index in [4.69, 9.17) is 9.57 Å². The standard InChI is InChI=1S/C14H24N4O5/c1-14(2,3)23-13(21)15-6-7-22-17-11(19)10-5-4-9-8-18(10)12(20)16-9/h9-10H,4-8H2,1-3H3,(H,15,21)(H,16,20)(H,17,19)/t9-,10-/m0/s1. The first-order chi connectivity index (χ1) is 10.8. The van der Waals surface area contributed by atoms with Gasteiger partial charge in [0.2, 0.25) is 0 Å². The van der Waals surface area contributed by atoms with E-state index in [0.29, 0.717) is 13.0 Å². The second kappa shape index (κ2) is 7.03. The van der Waals surface area contributed by atoms with Gasteiger partial charge in [0.25, 0.3) is 5.91 Å². The maximum absolute atomic E-state index is 12.0. The van der Waals surface area contributed by atoms with E-state index in [-0.39, 0.29) is 31.1 Å². The molecule has 2 atom stereocenters. The van der Waals surface area contributed by atoms with Crippen LogP contribution in [0.5, 0.6) is 0 Å². The minimum atomic E-state index is -0.561. The van der Waals surface area contributed by atoms with Crippen LogP contribution >= 0.6 is 0 Å². The Labute approximate surface area is 135 Å². The highest BCUT2D eigenvalue weighted by Crippen LogP contribution is 2.22. The first kappa shape index (κ1) is 17.3. The molecule has 2 aliphatic rings. The highest BCUT2D eigenvalue weighted by molar-refractivity contribution is 5.88. The molecule has 130 valence electrons. The van der Waals surface area contributed by atoms with Crippen LogP contribution in [0.3, 0.4) is 0 Å². The average Bonchev–Trinajstić information content (AvgIpc) is 2.71. The third-order valence-electron chi connectivity index (χ3n) is 3.52. The number of rotatable bonds is 5. The van der Waals surface area contributed by atoms with Crippen LogP contribution in [0.15, 0.2) is 0 Å². The molecule has 2 aliphatic heterocycles. The fourth-order valence-electron chi connectivity index (χ4n) is 2.55. The third-order valence-corrected chi connectivity index (χ3v) is 3.52. The zero-order chi connectivity index (χ0) is 17.0. The number of carbonyl (C=O) groups is 3. The number of hydrogen-bond donors (Lipinski definition) is 3. The maximum Gasteiger partial charge on any atom is 0.407 e. The van der Waals surface area contributed by atoms with E-state index in [1.165, 1.54) is 4.90 Å². The van der Waals surface area contributed by atoms with Crippen molar-refractivity contribution in [3.8, 4) is 0 Å². The first-order valence-corrected chi connectivity index (χ1v) is 7.72. The van der Waals surface area contributed by atoms with Crippen molar-refractivity contribution in [3.05, 3.63) is 0 Å². The Bertz CT molecular complexity index is 476. The number of amides is 4. The summed E-state index contributed by atoms with van der Waals surface area (Å²) in [7, 11) is 0. The van der Waals surface area contributed by atoms with Gasteiger partial charge >= 0.3 is 12.1 Å². The van der Waals surface area contributed by atoms with Gasteiger partial charge in [0.1, 0.15) is 11.6 Å². The second-order valence-corrected chi connectivity index (χ2v) is 6.64. The molecule has 0 saturated carbocycles. The highest BCUT2D eigenvalue weighted by Gasteiger charge is 2.41. The van der Waals surface area contributed by atoms with Crippen LogP contribution in [-0.2, 0) is 14.4 Å². The number of nitrogens with one attached hydrogen (secondary N) is 3. The maximum atomic E-state index is 12.0. The Kier molecular flexibility index (Phi) is 5.30. The summed E-state index contributed by atoms with van der Waals surface area (Å²) in [6.07, 6.45) is 0.842. The van der Waals surface area contributed by atoms with Crippen molar-refractivity contribution in [1.82, 2.24) is 21.0 Å². The van der Waals surface area contributed by atoms with Gasteiger partial charge in [-0.15, -0.1) is 0 Å². The first-order valence-electron chi connectivity index (χ1n) is 7.72. The van der Waals surface area contributed by atoms with Gasteiger partial charge in [-0.2, -0.15) is 0 Å².